The lowest BCUT2D eigenvalue weighted by Crippen LogP contribution is -2.51. The number of likely N-dealkylation sites (tertiary alicyclic amines) is 1. The molecule has 20 heavy (non-hydrogen) atoms. The highest BCUT2D eigenvalue weighted by molar-refractivity contribution is 7.98. The second-order valence-corrected chi connectivity index (χ2v) is 5.77. The van der Waals surface area contributed by atoms with Crippen molar-refractivity contribution < 1.29 is 19.5 Å². The van der Waals surface area contributed by atoms with Gasteiger partial charge in [-0.2, -0.15) is 11.8 Å². The Morgan fingerprint density at radius 3 is 2.45 bits per heavy atom. The molecule has 0 aliphatic carbocycles. The van der Waals surface area contributed by atoms with Crippen molar-refractivity contribution in [2.75, 3.05) is 25.1 Å². The number of carbonyl (C=O) groups is 3. The summed E-state index contributed by atoms with van der Waals surface area (Å²) in [5, 5.41) is 11.6. The predicted molar refractivity (Wildman–Crippen MR) is 76.4 cm³/mol. The molecule has 3 amide bonds. The van der Waals surface area contributed by atoms with Gasteiger partial charge >= 0.3 is 12.0 Å². The Morgan fingerprint density at radius 1 is 1.40 bits per heavy atom. The third-order valence-corrected chi connectivity index (χ3v) is 4.03. The van der Waals surface area contributed by atoms with E-state index >= 15 is 0 Å². The summed E-state index contributed by atoms with van der Waals surface area (Å²) in [5.74, 6) is -0.889. The van der Waals surface area contributed by atoms with Crippen LogP contribution < -0.4 is 11.1 Å². The first-order valence-corrected chi connectivity index (χ1v) is 7.91. The van der Waals surface area contributed by atoms with E-state index in [-0.39, 0.29) is 17.9 Å². The standard InChI is InChI=1S/C12H21N3O4S/c1-20-7-4-9(11(17)18)14-12(19)15-5-2-8(3-6-15)10(13)16/h8-9H,2-7H2,1H3,(H2,13,16)(H,14,19)(H,17,18). The molecule has 0 aromatic carbocycles. The summed E-state index contributed by atoms with van der Waals surface area (Å²) in [6.45, 7) is 0.850. The van der Waals surface area contributed by atoms with Gasteiger partial charge in [0.05, 0.1) is 0 Å². The minimum atomic E-state index is -1.03. The zero-order valence-electron chi connectivity index (χ0n) is 11.5. The van der Waals surface area contributed by atoms with E-state index in [1.54, 1.807) is 0 Å². The Hall–Kier alpha value is -1.44. The molecule has 0 aromatic rings. The van der Waals surface area contributed by atoms with Crippen molar-refractivity contribution in [2.45, 2.75) is 25.3 Å². The number of rotatable bonds is 6. The number of hydrogen-bond donors (Lipinski definition) is 3. The number of aliphatic carboxylic acids is 1. The lowest BCUT2D eigenvalue weighted by molar-refractivity contribution is -0.139. The summed E-state index contributed by atoms with van der Waals surface area (Å²) < 4.78 is 0. The summed E-state index contributed by atoms with van der Waals surface area (Å²) >= 11 is 1.53. The van der Waals surface area contributed by atoms with Crippen LogP contribution in [-0.2, 0) is 9.59 Å². The molecule has 0 aromatic heterocycles. The van der Waals surface area contributed by atoms with Crippen molar-refractivity contribution in [2.24, 2.45) is 11.7 Å². The van der Waals surface area contributed by atoms with Gasteiger partial charge in [0.15, 0.2) is 0 Å². The van der Waals surface area contributed by atoms with E-state index in [0.717, 1.165) is 0 Å². The fourth-order valence-corrected chi connectivity index (χ4v) is 2.57. The van der Waals surface area contributed by atoms with Crippen molar-refractivity contribution in [1.29, 1.82) is 0 Å². The lowest BCUT2D eigenvalue weighted by Gasteiger charge is -2.31. The van der Waals surface area contributed by atoms with Crippen LogP contribution in [0.4, 0.5) is 4.79 Å². The Kier molecular flexibility index (Phi) is 6.63. The largest absolute Gasteiger partial charge is 0.480 e. The maximum Gasteiger partial charge on any atom is 0.326 e. The van der Waals surface area contributed by atoms with Gasteiger partial charge in [0.1, 0.15) is 6.04 Å². The van der Waals surface area contributed by atoms with Gasteiger partial charge in [-0.15, -0.1) is 0 Å². The van der Waals surface area contributed by atoms with Crippen LogP contribution in [0.1, 0.15) is 19.3 Å². The molecular formula is C12H21N3O4S. The number of primary amides is 1. The molecule has 1 atom stereocenters. The number of urea groups is 1. The molecule has 0 radical (unpaired) electrons. The van der Waals surface area contributed by atoms with Crippen LogP contribution in [0.5, 0.6) is 0 Å². The molecule has 0 spiro atoms. The molecule has 1 heterocycles. The Morgan fingerprint density at radius 2 is 2.00 bits per heavy atom. The maximum absolute atomic E-state index is 12.0. The second-order valence-electron chi connectivity index (χ2n) is 4.79. The first kappa shape index (κ1) is 16.6. The van der Waals surface area contributed by atoms with E-state index < -0.39 is 12.0 Å². The number of carboxylic acid groups (broad SMARTS) is 1. The van der Waals surface area contributed by atoms with E-state index in [1.807, 2.05) is 6.26 Å². The fraction of sp³-hybridized carbons (Fsp3) is 0.750. The Bertz CT molecular complexity index is 370. The molecule has 8 heteroatoms. The van der Waals surface area contributed by atoms with Gasteiger partial charge in [-0.25, -0.2) is 9.59 Å². The molecule has 7 nitrogen and oxygen atoms in total. The van der Waals surface area contributed by atoms with Gasteiger partial charge in [-0.05, 0) is 31.3 Å². The molecule has 0 saturated carbocycles. The van der Waals surface area contributed by atoms with Crippen molar-refractivity contribution in [3.8, 4) is 0 Å². The Balaban J connectivity index is 2.45. The van der Waals surface area contributed by atoms with Crippen LogP contribution in [0.15, 0.2) is 0 Å². The maximum atomic E-state index is 12.0. The average Bonchev–Trinajstić information content (AvgIpc) is 2.42. The number of thioether (sulfide) groups is 1. The van der Waals surface area contributed by atoms with Crippen LogP contribution in [-0.4, -0.2) is 59.1 Å². The highest BCUT2D eigenvalue weighted by Gasteiger charge is 2.28. The molecule has 114 valence electrons. The van der Waals surface area contributed by atoms with Crippen LogP contribution >= 0.6 is 11.8 Å². The molecule has 1 saturated heterocycles. The summed E-state index contributed by atoms with van der Waals surface area (Å²) in [4.78, 5) is 35.6. The quantitative estimate of drug-likeness (QED) is 0.644. The number of carbonyl (C=O) groups excluding carboxylic acids is 2. The van der Waals surface area contributed by atoms with Crippen molar-refractivity contribution in [1.82, 2.24) is 10.2 Å². The van der Waals surface area contributed by atoms with Crippen LogP contribution in [0.25, 0.3) is 0 Å². The third kappa shape index (κ3) is 4.92. The molecule has 1 rings (SSSR count). The van der Waals surface area contributed by atoms with E-state index in [9.17, 15) is 14.4 Å². The summed E-state index contributed by atoms with van der Waals surface area (Å²) in [7, 11) is 0. The second kappa shape index (κ2) is 7.98. The lowest BCUT2D eigenvalue weighted by atomic mass is 9.96. The number of carboxylic acids is 1. The third-order valence-electron chi connectivity index (χ3n) is 3.39. The SMILES string of the molecule is CSCCC(NC(=O)N1CCC(C(N)=O)CC1)C(=O)O. The highest BCUT2D eigenvalue weighted by Crippen LogP contribution is 2.16. The highest BCUT2D eigenvalue weighted by atomic mass is 32.2. The first-order valence-electron chi connectivity index (χ1n) is 6.52. The van der Waals surface area contributed by atoms with Crippen LogP contribution in [0.2, 0.25) is 0 Å². The number of hydrogen-bond acceptors (Lipinski definition) is 4. The summed E-state index contributed by atoms with van der Waals surface area (Å²) in [6, 6.07) is -1.26. The van der Waals surface area contributed by atoms with Gasteiger partial charge in [-0.1, -0.05) is 0 Å². The van der Waals surface area contributed by atoms with Gasteiger partial charge in [-0.3, -0.25) is 4.79 Å². The molecule has 1 fully saturated rings. The monoisotopic (exact) mass is 303 g/mol. The van der Waals surface area contributed by atoms with E-state index in [4.69, 9.17) is 10.8 Å². The van der Waals surface area contributed by atoms with Crippen molar-refractivity contribution in [3.05, 3.63) is 0 Å². The molecule has 0 bridgehead atoms. The first-order chi connectivity index (χ1) is 9.45. The molecule has 1 aliphatic rings. The predicted octanol–water partition coefficient (Wildman–Crippen LogP) is 0.0996. The molecule has 1 aliphatic heterocycles. The molecule has 4 N–H and O–H groups in total. The van der Waals surface area contributed by atoms with E-state index in [0.29, 0.717) is 38.1 Å². The number of piperidine rings is 1. The summed E-state index contributed by atoms with van der Waals surface area (Å²) in [5.41, 5.74) is 5.23. The topological polar surface area (TPSA) is 113 Å². The normalized spacial score (nSPS) is 17.6. The van der Waals surface area contributed by atoms with Gasteiger partial charge < -0.3 is 21.1 Å². The zero-order valence-corrected chi connectivity index (χ0v) is 12.3. The summed E-state index contributed by atoms with van der Waals surface area (Å²) in [6.07, 6.45) is 3.34. The molecular weight excluding hydrogens is 282 g/mol. The van der Waals surface area contributed by atoms with Gasteiger partial charge in [0.2, 0.25) is 5.91 Å². The van der Waals surface area contributed by atoms with Crippen LogP contribution in [0.3, 0.4) is 0 Å². The number of nitrogens with two attached hydrogens (primary N) is 1. The van der Waals surface area contributed by atoms with Crippen molar-refractivity contribution in [3.63, 3.8) is 0 Å². The van der Waals surface area contributed by atoms with Gasteiger partial charge in [0, 0.05) is 19.0 Å². The fourth-order valence-electron chi connectivity index (χ4n) is 2.10. The zero-order chi connectivity index (χ0) is 15.1. The molecule has 1 unspecified atom stereocenters. The number of nitrogens with one attached hydrogen (secondary N) is 1. The minimum Gasteiger partial charge on any atom is -0.480 e. The number of nitrogens with zero attached hydrogens (tertiary/aromatic N) is 1. The van der Waals surface area contributed by atoms with E-state index in [2.05, 4.69) is 5.32 Å². The van der Waals surface area contributed by atoms with Crippen LogP contribution in [0, 0.1) is 5.92 Å². The van der Waals surface area contributed by atoms with E-state index in [1.165, 1.54) is 16.7 Å². The smallest absolute Gasteiger partial charge is 0.326 e. The average molecular weight is 303 g/mol. The number of amides is 3. The minimum absolute atomic E-state index is 0.189. The Labute approximate surface area is 122 Å². The van der Waals surface area contributed by atoms with Gasteiger partial charge in [0.25, 0.3) is 0 Å². The van der Waals surface area contributed by atoms with Crippen molar-refractivity contribution >= 4 is 29.7 Å².